The smallest absolute Gasteiger partial charge is 0.310 e. The Balaban J connectivity index is 2.31. The maximum absolute atomic E-state index is 10.9. The van der Waals surface area contributed by atoms with Crippen molar-refractivity contribution in [3.05, 3.63) is 11.4 Å². The first-order valence-electron chi connectivity index (χ1n) is 3.89. The second-order valence-electron chi connectivity index (χ2n) is 2.49. The highest BCUT2D eigenvalue weighted by Gasteiger charge is 2.24. The Kier molecular flexibility index (Phi) is 3.82. The first-order chi connectivity index (χ1) is 6.61. The fourth-order valence-electron chi connectivity index (χ4n) is 0.816. The third-order valence-corrected chi connectivity index (χ3v) is 2.26. The number of esters is 2. The molecule has 1 unspecified atom stereocenters. The van der Waals surface area contributed by atoms with Crippen molar-refractivity contribution in [1.82, 2.24) is 0 Å². The van der Waals surface area contributed by atoms with Gasteiger partial charge in [0.1, 0.15) is 0 Å². The van der Waals surface area contributed by atoms with E-state index in [1.165, 1.54) is 25.8 Å². The summed E-state index contributed by atoms with van der Waals surface area (Å²) in [6, 6.07) is 0. The highest BCUT2D eigenvalue weighted by molar-refractivity contribution is 8.02. The van der Waals surface area contributed by atoms with Crippen LogP contribution in [0.4, 0.5) is 0 Å². The first-order valence-corrected chi connectivity index (χ1v) is 4.83. The average Bonchev–Trinajstić information content (AvgIpc) is 2.51. The van der Waals surface area contributed by atoms with Crippen molar-refractivity contribution >= 4 is 23.7 Å². The number of hydrogen-bond acceptors (Lipinski definition) is 6. The summed E-state index contributed by atoms with van der Waals surface area (Å²) in [6.07, 6.45) is 0.127. The Morgan fingerprint density at radius 1 is 1.64 bits per heavy atom. The van der Waals surface area contributed by atoms with Crippen LogP contribution in [0, 0.1) is 0 Å². The lowest BCUT2D eigenvalue weighted by atomic mass is 10.5. The van der Waals surface area contributed by atoms with Crippen LogP contribution in [0.25, 0.3) is 0 Å². The summed E-state index contributed by atoms with van der Waals surface area (Å²) in [5, 5.41) is 1.55. The van der Waals surface area contributed by atoms with Crippen molar-refractivity contribution in [2.24, 2.45) is 0 Å². The first kappa shape index (κ1) is 10.9. The van der Waals surface area contributed by atoms with E-state index in [-0.39, 0.29) is 23.8 Å². The molecular formula is C8H10O5S. The van der Waals surface area contributed by atoms with Crippen molar-refractivity contribution in [2.75, 3.05) is 7.11 Å². The van der Waals surface area contributed by atoms with E-state index in [0.717, 1.165) is 0 Å². The van der Waals surface area contributed by atoms with Gasteiger partial charge in [-0.3, -0.25) is 9.59 Å². The molecular weight excluding hydrogens is 208 g/mol. The van der Waals surface area contributed by atoms with E-state index in [2.05, 4.69) is 9.47 Å². The molecule has 0 spiro atoms. The SMILES string of the molecule is COC(=O)CC1OC(OC(C)=O)=CS1. The lowest BCUT2D eigenvalue weighted by molar-refractivity contribution is -0.144. The van der Waals surface area contributed by atoms with Crippen molar-refractivity contribution < 1.29 is 23.8 Å². The predicted molar refractivity (Wildman–Crippen MR) is 48.9 cm³/mol. The van der Waals surface area contributed by atoms with Crippen LogP contribution >= 0.6 is 11.8 Å². The van der Waals surface area contributed by atoms with E-state index in [4.69, 9.17) is 4.74 Å². The van der Waals surface area contributed by atoms with Gasteiger partial charge >= 0.3 is 11.9 Å². The monoisotopic (exact) mass is 218 g/mol. The van der Waals surface area contributed by atoms with Gasteiger partial charge in [-0.2, -0.15) is 0 Å². The van der Waals surface area contributed by atoms with Gasteiger partial charge in [0.05, 0.1) is 18.9 Å². The molecule has 6 heteroatoms. The summed E-state index contributed by atoms with van der Waals surface area (Å²) in [6.45, 7) is 1.28. The average molecular weight is 218 g/mol. The van der Waals surface area contributed by atoms with Gasteiger partial charge in [-0.1, -0.05) is 11.8 Å². The van der Waals surface area contributed by atoms with Crippen LogP contribution in [0.3, 0.4) is 0 Å². The van der Waals surface area contributed by atoms with Crippen LogP contribution in [-0.4, -0.2) is 24.5 Å². The van der Waals surface area contributed by atoms with Crippen LogP contribution in [0.5, 0.6) is 0 Å². The van der Waals surface area contributed by atoms with Gasteiger partial charge in [-0.15, -0.1) is 0 Å². The summed E-state index contributed by atoms with van der Waals surface area (Å²) in [5.74, 6) is -0.674. The number of hydrogen-bond donors (Lipinski definition) is 0. The minimum atomic E-state index is -0.449. The van der Waals surface area contributed by atoms with Crippen molar-refractivity contribution in [1.29, 1.82) is 0 Å². The molecule has 0 amide bonds. The van der Waals surface area contributed by atoms with Crippen LogP contribution in [0.1, 0.15) is 13.3 Å². The van der Waals surface area contributed by atoms with E-state index in [0.29, 0.717) is 0 Å². The number of carbonyl (C=O) groups excluding carboxylic acids is 2. The zero-order chi connectivity index (χ0) is 10.6. The third-order valence-electron chi connectivity index (χ3n) is 1.37. The molecule has 1 heterocycles. The molecule has 1 aliphatic rings. The number of thioether (sulfide) groups is 1. The third kappa shape index (κ3) is 3.29. The number of ether oxygens (including phenoxy) is 3. The second-order valence-corrected chi connectivity index (χ2v) is 3.53. The lowest BCUT2D eigenvalue weighted by Crippen LogP contribution is -2.12. The molecule has 1 rings (SSSR count). The molecule has 0 saturated heterocycles. The Bertz CT molecular complexity index is 273. The maximum Gasteiger partial charge on any atom is 0.310 e. The highest BCUT2D eigenvalue weighted by atomic mass is 32.2. The van der Waals surface area contributed by atoms with Gasteiger partial charge in [0.15, 0.2) is 5.44 Å². The van der Waals surface area contributed by atoms with Gasteiger partial charge in [0, 0.05) is 6.92 Å². The molecule has 0 saturated carbocycles. The molecule has 0 fully saturated rings. The Morgan fingerprint density at radius 3 is 2.93 bits per heavy atom. The number of rotatable bonds is 3. The topological polar surface area (TPSA) is 61.8 Å². The van der Waals surface area contributed by atoms with E-state index >= 15 is 0 Å². The van der Waals surface area contributed by atoms with E-state index < -0.39 is 5.97 Å². The van der Waals surface area contributed by atoms with Crippen LogP contribution in [-0.2, 0) is 23.8 Å². The summed E-state index contributed by atoms with van der Waals surface area (Å²) in [4.78, 5) is 21.4. The van der Waals surface area contributed by atoms with E-state index in [9.17, 15) is 9.59 Å². The maximum atomic E-state index is 10.9. The molecule has 0 bridgehead atoms. The van der Waals surface area contributed by atoms with Crippen molar-refractivity contribution in [3.8, 4) is 0 Å². The molecule has 1 aliphatic heterocycles. The molecule has 0 aromatic carbocycles. The molecule has 0 N–H and O–H groups in total. The normalized spacial score (nSPS) is 19.6. The van der Waals surface area contributed by atoms with Crippen LogP contribution < -0.4 is 0 Å². The predicted octanol–water partition coefficient (Wildman–Crippen LogP) is 1.00. The lowest BCUT2D eigenvalue weighted by Gasteiger charge is -2.09. The Hall–Kier alpha value is -1.17. The molecule has 78 valence electrons. The Morgan fingerprint density at radius 2 is 2.36 bits per heavy atom. The summed E-state index contributed by atoms with van der Waals surface area (Å²) >= 11 is 1.27. The Labute approximate surface area is 85.4 Å². The zero-order valence-electron chi connectivity index (χ0n) is 7.81. The second kappa shape index (κ2) is 4.90. The molecule has 0 aliphatic carbocycles. The largest absolute Gasteiger partial charge is 0.469 e. The van der Waals surface area contributed by atoms with E-state index in [1.54, 1.807) is 5.41 Å². The minimum absolute atomic E-state index is 0.127. The zero-order valence-corrected chi connectivity index (χ0v) is 8.63. The van der Waals surface area contributed by atoms with Crippen LogP contribution in [0.2, 0.25) is 0 Å². The minimum Gasteiger partial charge on any atom is -0.469 e. The van der Waals surface area contributed by atoms with Crippen molar-refractivity contribution in [3.63, 3.8) is 0 Å². The molecule has 0 aromatic rings. The van der Waals surface area contributed by atoms with Gasteiger partial charge < -0.3 is 14.2 Å². The fourth-order valence-corrected chi connectivity index (χ4v) is 1.56. The quantitative estimate of drug-likeness (QED) is 0.658. The van der Waals surface area contributed by atoms with Gasteiger partial charge in [-0.25, -0.2) is 0 Å². The summed E-state index contributed by atoms with van der Waals surface area (Å²) in [7, 11) is 1.31. The van der Waals surface area contributed by atoms with Gasteiger partial charge in [0.2, 0.25) is 0 Å². The molecule has 0 aromatic heterocycles. The molecule has 14 heavy (non-hydrogen) atoms. The summed E-state index contributed by atoms with van der Waals surface area (Å²) in [5.41, 5.74) is -0.364. The highest BCUT2D eigenvalue weighted by Crippen LogP contribution is 2.30. The van der Waals surface area contributed by atoms with Crippen LogP contribution in [0.15, 0.2) is 11.4 Å². The number of methoxy groups -OCH3 is 1. The number of carbonyl (C=O) groups is 2. The molecule has 0 radical (unpaired) electrons. The molecule has 5 nitrogen and oxygen atoms in total. The standard InChI is InChI=1S/C8H10O5S/c1-5(9)12-7-4-14-8(13-7)3-6(10)11-2/h4,8H,3H2,1-2H3. The fraction of sp³-hybridized carbons (Fsp3) is 0.500. The van der Waals surface area contributed by atoms with E-state index in [1.807, 2.05) is 0 Å². The van der Waals surface area contributed by atoms with Crippen molar-refractivity contribution in [2.45, 2.75) is 18.8 Å². The summed E-state index contributed by atoms with van der Waals surface area (Å²) < 4.78 is 14.3. The van der Waals surface area contributed by atoms with Gasteiger partial charge in [0.25, 0.3) is 5.95 Å². The van der Waals surface area contributed by atoms with Gasteiger partial charge in [-0.05, 0) is 0 Å². The molecule has 1 atom stereocenters.